The number of imidazole rings is 1. The summed E-state index contributed by atoms with van der Waals surface area (Å²) in [5, 5.41) is 11.0. The topological polar surface area (TPSA) is 90.5 Å². The largest absolute Gasteiger partial charge is 0.467 e. The number of piperidine rings is 1. The van der Waals surface area contributed by atoms with Crippen LogP contribution in [0.25, 0.3) is 0 Å². The maximum Gasteiger partial charge on any atom is 0.406 e. The SMILES string of the molecule is COC(=O)C1CCCCN1c1c([N+](=O)[O-])ncn1C. The van der Waals surface area contributed by atoms with Crippen LogP contribution in [-0.4, -0.2) is 40.1 Å². The van der Waals surface area contributed by atoms with Gasteiger partial charge in [0.1, 0.15) is 6.04 Å². The lowest BCUT2D eigenvalue weighted by Gasteiger charge is -2.34. The number of methoxy groups -OCH3 is 1. The van der Waals surface area contributed by atoms with E-state index in [9.17, 15) is 14.9 Å². The van der Waals surface area contributed by atoms with Crippen LogP contribution in [0.1, 0.15) is 19.3 Å². The lowest BCUT2D eigenvalue weighted by atomic mass is 10.0. The molecule has 8 heteroatoms. The average Bonchev–Trinajstić information content (AvgIpc) is 2.80. The molecule has 0 spiro atoms. The summed E-state index contributed by atoms with van der Waals surface area (Å²) in [6.07, 6.45) is 3.81. The van der Waals surface area contributed by atoms with Gasteiger partial charge < -0.3 is 19.8 Å². The van der Waals surface area contributed by atoms with Crippen molar-refractivity contribution in [1.29, 1.82) is 0 Å². The van der Waals surface area contributed by atoms with Crippen LogP contribution in [0.2, 0.25) is 0 Å². The van der Waals surface area contributed by atoms with Crippen LogP contribution in [0.4, 0.5) is 11.6 Å². The molecule has 1 aliphatic heterocycles. The Hall–Kier alpha value is -2.12. The quantitative estimate of drug-likeness (QED) is 0.459. The molecule has 1 atom stereocenters. The highest BCUT2D eigenvalue weighted by atomic mass is 16.6. The highest BCUT2D eigenvalue weighted by Gasteiger charge is 2.36. The van der Waals surface area contributed by atoms with Gasteiger partial charge in [-0.05, 0) is 29.2 Å². The van der Waals surface area contributed by atoms with Crippen LogP contribution >= 0.6 is 0 Å². The lowest BCUT2D eigenvalue weighted by molar-refractivity contribution is -0.388. The number of aryl methyl sites for hydroxylation is 1. The molecule has 104 valence electrons. The van der Waals surface area contributed by atoms with Gasteiger partial charge in [0.2, 0.25) is 12.1 Å². The van der Waals surface area contributed by atoms with Crippen LogP contribution in [-0.2, 0) is 16.6 Å². The number of ether oxygens (including phenoxy) is 1. The summed E-state index contributed by atoms with van der Waals surface area (Å²) in [4.78, 5) is 27.8. The predicted octanol–water partition coefficient (Wildman–Crippen LogP) is 0.860. The Balaban J connectivity index is 2.40. The van der Waals surface area contributed by atoms with Crippen LogP contribution in [0, 0.1) is 10.1 Å². The molecule has 0 bridgehead atoms. The molecule has 19 heavy (non-hydrogen) atoms. The minimum absolute atomic E-state index is 0.224. The Bertz CT molecular complexity index is 499. The van der Waals surface area contributed by atoms with E-state index in [4.69, 9.17) is 4.74 Å². The zero-order valence-corrected chi connectivity index (χ0v) is 10.9. The molecule has 8 nitrogen and oxygen atoms in total. The maximum absolute atomic E-state index is 11.8. The number of nitro groups is 1. The van der Waals surface area contributed by atoms with Crippen LogP contribution in [0.15, 0.2) is 6.33 Å². The molecule has 2 heterocycles. The first kappa shape index (κ1) is 13.3. The normalized spacial score (nSPS) is 19.3. The summed E-state index contributed by atoms with van der Waals surface area (Å²) in [5.41, 5.74) is 0. The fourth-order valence-corrected chi connectivity index (χ4v) is 2.44. The van der Waals surface area contributed by atoms with Crippen molar-refractivity contribution >= 4 is 17.6 Å². The highest BCUT2D eigenvalue weighted by molar-refractivity contribution is 5.80. The third-order valence-electron chi connectivity index (χ3n) is 3.31. The number of hydrogen-bond donors (Lipinski definition) is 0. The summed E-state index contributed by atoms with van der Waals surface area (Å²) < 4.78 is 6.35. The van der Waals surface area contributed by atoms with Crippen molar-refractivity contribution in [3.8, 4) is 0 Å². The Kier molecular flexibility index (Phi) is 3.68. The summed E-state index contributed by atoms with van der Waals surface area (Å²) in [6, 6.07) is -0.479. The monoisotopic (exact) mass is 268 g/mol. The van der Waals surface area contributed by atoms with Gasteiger partial charge in [-0.15, -0.1) is 0 Å². The van der Waals surface area contributed by atoms with Crippen molar-refractivity contribution in [3.05, 3.63) is 16.4 Å². The molecule has 1 unspecified atom stereocenters. The molecule has 0 saturated carbocycles. The molecule has 0 amide bonds. The summed E-state index contributed by atoms with van der Waals surface area (Å²) in [6.45, 7) is 0.583. The molecule has 0 N–H and O–H groups in total. The smallest absolute Gasteiger partial charge is 0.406 e. The van der Waals surface area contributed by atoms with E-state index >= 15 is 0 Å². The van der Waals surface area contributed by atoms with Gasteiger partial charge in [0.05, 0.1) is 7.11 Å². The van der Waals surface area contributed by atoms with E-state index in [2.05, 4.69) is 4.98 Å². The third-order valence-corrected chi connectivity index (χ3v) is 3.31. The first-order valence-corrected chi connectivity index (χ1v) is 6.06. The minimum Gasteiger partial charge on any atom is -0.467 e. The van der Waals surface area contributed by atoms with Crippen molar-refractivity contribution < 1.29 is 14.5 Å². The molecule has 1 saturated heterocycles. The Labute approximate surface area is 110 Å². The Morgan fingerprint density at radius 2 is 2.32 bits per heavy atom. The molecule has 0 aromatic carbocycles. The predicted molar refractivity (Wildman–Crippen MR) is 66.9 cm³/mol. The lowest BCUT2D eigenvalue weighted by Crippen LogP contribution is -2.46. The number of rotatable bonds is 3. The van der Waals surface area contributed by atoms with Crippen molar-refractivity contribution in [2.75, 3.05) is 18.6 Å². The summed E-state index contributed by atoms with van der Waals surface area (Å²) >= 11 is 0. The van der Waals surface area contributed by atoms with Gasteiger partial charge in [0.25, 0.3) is 0 Å². The fraction of sp³-hybridized carbons (Fsp3) is 0.636. The summed E-state index contributed by atoms with van der Waals surface area (Å²) in [7, 11) is 3.01. The molecule has 0 aliphatic carbocycles. The fourth-order valence-electron chi connectivity index (χ4n) is 2.44. The van der Waals surface area contributed by atoms with E-state index in [1.807, 2.05) is 0 Å². The van der Waals surface area contributed by atoms with Gasteiger partial charge in [0, 0.05) is 13.6 Å². The first-order valence-electron chi connectivity index (χ1n) is 6.06. The maximum atomic E-state index is 11.8. The van der Waals surface area contributed by atoms with Crippen LogP contribution in [0.5, 0.6) is 0 Å². The van der Waals surface area contributed by atoms with Gasteiger partial charge in [0.15, 0.2) is 0 Å². The molecule has 0 radical (unpaired) electrons. The van der Waals surface area contributed by atoms with Crippen LogP contribution in [0.3, 0.4) is 0 Å². The highest BCUT2D eigenvalue weighted by Crippen LogP contribution is 2.31. The van der Waals surface area contributed by atoms with Gasteiger partial charge in [-0.2, -0.15) is 0 Å². The second-order valence-electron chi connectivity index (χ2n) is 4.49. The van der Waals surface area contributed by atoms with Gasteiger partial charge in [-0.1, -0.05) is 0 Å². The van der Waals surface area contributed by atoms with E-state index in [0.29, 0.717) is 18.8 Å². The molecule has 1 aliphatic rings. The van der Waals surface area contributed by atoms with E-state index < -0.39 is 11.0 Å². The van der Waals surface area contributed by atoms with Crippen molar-refractivity contribution in [2.45, 2.75) is 25.3 Å². The second kappa shape index (κ2) is 5.25. The van der Waals surface area contributed by atoms with Crippen LogP contribution < -0.4 is 4.90 Å². The minimum atomic E-state index is -0.529. The number of hydrogen-bond acceptors (Lipinski definition) is 6. The zero-order chi connectivity index (χ0) is 14.0. The van der Waals surface area contributed by atoms with E-state index in [0.717, 1.165) is 12.8 Å². The molecule has 1 fully saturated rings. The number of nitrogens with zero attached hydrogens (tertiary/aromatic N) is 4. The Morgan fingerprint density at radius 1 is 1.58 bits per heavy atom. The second-order valence-corrected chi connectivity index (χ2v) is 4.49. The molecule has 2 rings (SSSR count). The van der Waals surface area contributed by atoms with Gasteiger partial charge in [-0.3, -0.25) is 4.57 Å². The van der Waals surface area contributed by atoms with Crippen molar-refractivity contribution in [3.63, 3.8) is 0 Å². The van der Waals surface area contributed by atoms with E-state index in [1.54, 1.807) is 16.5 Å². The number of carbonyl (C=O) groups excluding carboxylic acids is 1. The molecular formula is C11H16N4O4. The number of anilines is 1. The van der Waals surface area contributed by atoms with Gasteiger partial charge >= 0.3 is 11.8 Å². The van der Waals surface area contributed by atoms with E-state index in [1.165, 1.54) is 13.4 Å². The van der Waals surface area contributed by atoms with Gasteiger partial charge in [-0.25, -0.2) is 4.79 Å². The van der Waals surface area contributed by atoms with Crippen molar-refractivity contribution in [1.82, 2.24) is 9.55 Å². The molecule has 1 aromatic rings. The molecular weight excluding hydrogens is 252 g/mol. The van der Waals surface area contributed by atoms with Crippen molar-refractivity contribution in [2.24, 2.45) is 7.05 Å². The first-order chi connectivity index (χ1) is 9.06. The summed E-state index contributed by atoms with van der Waals surface area (Å²) in [5.74, 6) is -0.228. The molecule has 1 aromatic heterocycles. The standard InChI is InChI=1S/C11H16N4O4/c1-13-7-12-9(15(17)18)10(13)14-6-4-3-5-8(14)11(16)19-2/h7-8H,3-6H2,1-2H3. The number of carbonyl (C=O) groups is 1. The van der Waals surface area contributed by atoms with E-state index in [-0.39, 0.29) is 11.8 Å². The third kappa shape index (κ3) is 2.38. The zero-order valence-electron chi connectivity index (χ0n) is 10.9. The number of esters is 1. The average molecular weight is 268 g/mol. The Morgan fingerprint density at radius 3 is 2.95 bits per heavy atom. The number of aromatic nitrogens is 2.